The summed E-state index contributed by atoms with van der Waals surface area (Å²) in [6.07, 6.45) is 1.64. The third-order valence-electron chi connectivity index (χ3n) is 5.22. The van der Waals surface area contributed by atoms with E-state index in [9.17, 15) is 4.79 Å². The lowest BCUT2D eigenvalue weighted by molar-refractivity contribution is 0.0710. The Morgan fingerprint density at radius 1 is 1.11 bits per heavy atom. The summed E-state index contributed by atoms with van der Waals surface area (Å²) in [6.45, 7) is 3.40. The molecule has 0 N–H and O–H groups in total. The summed E-state index contributed by atoms with van der Waals surface area (Å²) in [7, 11) is 1.62. The van der Waals surface area contributed by atoms with Crippen LogP contribution in [0, 0.1) is 6.92 Å². The van der Waals surface area contributed by atoms with Crippen molar-refractivity contribution in [3.05, 3.63) is 65.5 Å². The number of nitrogens with zero attached hydrogens (tertiary/aromatic N) is 3. The number of likely N-dealkylation sites (tertiary alicyclic amines) is 1. The number of aromatic nitrogens is 2. The molecule has 0 radical (unpaired) electrons. The first kappa shape index (κ1) is 18.2. The minimum absolute atomic E-state index is 0.0845. The maximum atomic E-state index is 12.7. The van der Waals surface area contributed by atoms with Crippen molar-refractivity contribution in [2.24, 2.45) is 0 Å². The van der Waals surface area contributed by atoms with Gasteiger partial charge in [0.2, 0.25) is 0 Å². The molecular weight excluding hydrogens is 354 g/mol. The molecule has 0 spiro atoms. The molecule has 1 amide bonds. The van der Waals surface area contributed by atoms with Gasteiger partial charge in [0.25, 0.3) is 11.8 Å². The van der Waals surface area contributed by atoms with Crippen LogP contribution in [0.3, 0.4) is 0 Å². The van der Waals surface area contributed by atoms with E-state index in [2.05, 4.69) is 10.1 Å². The zero-order valence-corrected chi connectivity index (χ0v) is 16.1. The number of hydrogen-bond donors (Lipinski definition) is 0. The van der Waals surface area contributed by atoms with Crippen LogP contribution < -0.4 is 4.74 Å². The molecule has 1 aliphatic heterocycles. The van der Waals surface area contributed by atoms with Gasteiger partial charge in [-0.3, -0.25) is 4.79 Å². The van der Waals surface area contributed by atoms with Crippen LogP contribution in [0.4, 0.5) is 0 Å². The average Bonchev–Trinajstić information content (AvgIpc) is 3.24. The molecule has 6 heteroatoms. The fraction of sp³-hybridized carbons (Fsp3) is 0.318. The minimum atomic E-state index is 0.0845. The van der Waals surface area contributed by atoms with E-state index in [1.165, 1.54) is 0 Å². The van der Waals surface area contributed by atoms with E-state index in [0.29, 0.717) is 30.6 Å². The first-order chi connectivity index (χ1) is 13.7. The Labute approximate surface area is 164 Å². The SMILES string of the molecule is COc1ccccc1-c1nc(C2CCN(C(=O)c3ccc(C)cc3)CC2)no1. The molecule has 0 unspecified atom stereocenters. The van der Waals surface area contributed by atoms with Gasteiger partial charge in [-0.05, 0) is 44.0 Å². The highest BCUT2D eigenvalue weighted by atomic mass is 16.5. The highest BCUT2D eigenvalue weighted by molar-refractivity contribution is 5.94. The molecule has 1 saturated heterocycles. The number of piperidine rings is 1. The number of methoxy groups -OCH3 is 1. The molecule has 0 bridgehead atoms. The third-order valence-corrected chi connectivity index (χ3v) is 5.22. The van der Waals surface area contributed by atoms with Gasteiger partial charge in [-0.2, -0.15) is 4.98 Å². The van der Waals surface area contributed by atoms with E-state index >= 15 is 0 Å². The van der Waals surface area contributed by atoms with Crippen LogP contribution in [0.25, 0.3) is 11.5 Å². The van der Waals surface area contributed by atoms with Crippen molar-refractivity contribution in [3.8, 4) is 17.2 Å². The molecule has 1 fully saturated rings. The van der Waals surface area contributed by atoms with Crippen LogP contribution in [0.2, 0.25) is 0 Å². The molecule has 0 saturated carbocycles. The molecule has 3 aromatic rings. The van der Waals surface area contributed by atoms with E-state index in [-0.39, 0.29) is 11.8 Å². The van der Waals surface area contributed by atoms with E-state index in [4.69, 9.17) is 9.26 Å². The van der Waals surface area contributed by atoms with Gasteiger partial charge in [0.05, 0.1) is 12.7 Å². The van der Waals surface area contributed by atoms with Crippen molar-refractivity contribution in [1.82, 2.24) is 15.0 Å². The van der Waals surface area contributed by atoms with Crippen LogP contribution in [0.1, 0.15) is 40.5 Å². The molecule has 1 aromatic heterocycles. The largest absolute Gasteiger partial charge is 0.496 e. The lowest BCUT2D eigenvalue weighted by Crippen LogP contribution is -2.38. The van der Waals surface area contributed by atoms with Crippen LogP contribution in [0.15, 0.2) is 53.1 Å². The number of hydrogen-bond acceptors (Lipinski definition) is 5. The average molecular weight is 377 g/mol. The Morgan fingerprint density at radius 3 is 2.54 bits per heavy atom. The zero-order chi connectivity index (χ0) is 19.5. The lowest BCUT2D eigenvalue weighted by atomic mass is 9.95. The summed E-state index contributed by atoms with van der Waals surface area (Å²) >= 11 is 0. The monoisotopic (exact) mass is 377 g/mol. The first-order valence-corrected chi connectivity index (χ1v) is 9.48. The number of aryl methyl sites for hydroxylation is 1. The second-order valence-electron chi connectivity index (χ2n) is 7.09. The van der Waals surface area contributed by atoms with Crippen molar-refractivity contribution < 1.29 is 14.1 Å². The summed E-state index contributed by atoms with van der Waals surface area (Å²) < 4.78 is 10.9. The first-order valence-electron chi connectivity index (χ1n) is 9.48. The Kier molecular flexibility index (Phi) is 5.10. The fourth-order valence-corrected chi connectivity index (χ4v) is 3.55. The third kappa shape index (κ3) is 3.63. The minimum Gasteiger partial charge on any atom is -0.496 e. The summed E-state index contributed by atoms with van der Waals surface area (Å²) in [4.78, 5) is 19.2. The maximum Gasteiger partial charge on any atom is 0.261 e. The number of rotatable bonds is 4. The predicted octanol–water partition coefficient (Wildman–Crippen LogP) is 4.07. The van der Waals surface area contributed by atoms with Crippen LogP contribution in [-0.2, 0) is 0 Å². The van der Waals surface area contributed by atoms with Gasteiger partial charge in [-0.1, -0.05) is 35.0 Å². The lowest BCUT2D eigenvalue weighted by Gasteiger charge is -2.30. The van der Waals surface area contributed by atoms with E-state index in [1.807, 2.05) is 60.4 Å². The molecule has 144 valence electrons. The Balaban J connectivity index is 1.42. The van der Waals surface area contributed by atoms with Crippen molar-refractivity contribution in [3.63, 3.8) is 0 Å². The van der Waals surface area contributed by atoms with E-state index in [1.54, 1.807) is 7.11 Å². The normalized spacial score (nSPS) is 14.9. The summed E-state index contributed by atoms with van der Waals surface area (Å²) in [6, 6.07) is 15.3. The quantitative estimate of drug-likeness (QED) is 0.685. The van der Waals surface area contributed by atoms with Gasteiger partial charge < -0.3 is 14.2 Å². The van der Waals surface area contributed by atoms with Crippen LogP contribution >= 0.6 is 0 Å². The molecule has 2 heterocycles. The van der Waals surface area contributed by atoms with Crippen molar-refractivity contribution >= 4 is 5.91 Å². The topological polar surface area (TPSA) is 68.5 Å². The molecule has 4 rings (SSSR count). The molecular formula is C22H23N3O3. The Hall–Kier alpha value is -3.15. The van der Waals surface area contributed by atoms with Gasteiger partial charge in [-0.25, -0.2) is 0 Å². The maximum absolute atomic E-state index is 12.7. The standard InChI is InChI=1S/C22H23N3O3/c1-15-7-9-17(10-8-15)22(26)25-13-11-16(12-14-25)20-23-21(28-24-20)18-5-3-4-6-19(18)27-2/h3-10,16H,11-14H2,1-2H3. The molecule has 28 heavy (non-hydrogen) atoms. The number of amides is 1. The highest BCUT2D eigenvalue weighted by Crippen LogP contribution is 2.32. The van der Waals surface area contributed by atoms with Gasteiger partial charge >= 0.3 is 0 Å². The number of benzene rings is 2. The molecule has 0 aliphatic carbocycles. The second-order valence-corrected chi connectivity index (χ2v) is 7.09. The van der Waals surface area contributed by atoms with Crippen molar-refractivity contribution in [2.75, 3.05) is 20.2 Å². The zero-order valence-electron chi connectivity index (χ0n) is 16.1. The molecule has 0 atom stereocenters. The molecule has 6 nitrogen and oxygen atoms in total. The Morgan fingerprint density at radius 2 is 1.82 bits per heavy atom. The number of ether oxygens (including phenoxy) is 1. The number of para-hydroxylation sites is 1. The van der Waals surface area contributed by atoms with Gasteiger partial charge in [0.1, 0.15) is 5.75 Å². The number of carbonyl (C=O) groups is 1. The van der Waals surface area contributed by atoms with E-state index in [0.717, 1.165) is 29.5 Å². The van der Waals surface area contributed by atoms with Crippen LogP contribution in [0.5, 0.6) is 5.75 Å². The van der Waals surface area contributed by atoms with Crippen LogP contribution in [-0.4, -0.2) is 41.1 Å². The van der Waals surface area contributed by atoms with E-state index < -0.39 is 0 Å². The Bertz CT molecular complexity index is 957. The van der Waals surface area contributed by atoms with Crippen molar-refractivity contribution in [1.29, 1.82) is 0 Å². The second kappa shape index (κ2) is 7.84. The summed E-state index contributed by atoms with van der Waals surface area (Å²) in [5.74, 6) is 2.14. The van der Waals surface area contributed by atoms with Gasteiger partial charge in [-0.15, -0.1) is 0 Å². The summed E-state index contributed by atoms with van der Waals surface area (Å²) in [5, 5.41) is 4.18. The highest BCUT2D eigenvalue weighted by Gasteiger charge is 2.28. The smallest absolute Gasteiger partial charge is 0.261 e. The molecule has 2 aromatic carbocycles. The molecule has 1 aliphatic rings. The fourth-order valence-electron chi connectivity index (χ4n) is 3.55. The summed E-state index contributed by atoms with van der Waals surface area (Å²) in [5.41, 5.74) is 2.68. The van der Waals surface area contributed by atoms with Crippen molar-refractivity contribution in [2.45, 2.75) is 25.7 Å². The van der Waals surface area contributed by atoms with Gasteiger partial charge in [0.15, 0.2) is 5.82 Å². The van der Waals surface area contributed by atoms with Gasteiger partial charge in [0, 0.05) is 24.6 Å². The number of carbonyl (C=O) groups excluding carboxylic acids is 1. The predicted molar refractivity (Wildman–Crippen MR) is 105 cm³/mol.